The van der Waals surface area contributed by atoms with Crippen LogP contribution in [-0.4, -0.2) is 101 Å². The predicted octanol–water partition coefficient (Wildman–Crippen LogP) is 1.55. The van der Waals surface area contributed by atoms with Crippen molar-refractivity contribution in [2.45, 2.75) is 38.3 Å². The van der Waals surface area contributed by atoms with Crippen LogP contribution in [0.15, 0.2) is 101 Å². The lowest BCUT2D eigenvalue weighted by Crippen LogP contribution is -2.33. The number of fused-ring (bicyclic) bond motifs is 2. The second-order valence-corrected chi connectivity index (χ2v) is 20.8. The van der Waals surface area contributed by atoms with Crippen LogP contribution in [0.4, 0.5) is 11.4 Å². The van der Waals surface area contributed by atoms with E-state index in [1.165, 1.54) is 24.3 Å². The van der Waals surface area contributed by atoms with Crippen LogP contribution in [0.2, 0.25) is 0 Å². The van der Waals surface area contributed by atoms with Gasteiger partial charge in [-0.05, 0) is 48.8 Å². The molecule has 6 rings (SSSR count). The zero-order valence-corrected chi connectivity index (χ0v) is 34.8. The Morgan fingerprint density at radius 2 is 1.23 bits per heavy atom. The molecule has 0 unspecified atom stereocenters. The van der Waals surface area contributed by atoms with Gasteiger partial charge in [0.05, 0.1) is 43.0 Å². The Bertz CT molecular complexity index is 3620. The summed E-state index contributed by atoms with van der Waals surface area (Å²) in [4.78, 5) is 27.8. The van der Waals surface area contributed by atoms with E-state index in [4.69, 9.17) is 0 Å². The van der Waals surface area contributed by atoms with Gasteiger partial charge in [-0.1, -0.05) is 50.2 Å². The number of nitrogens with one attached hydrogen (secondary N) is 1. The van der Waals surface area contributed by atoms with Crippen molar-refractivity contribution in [1.29, 1.82) is 0 Å². The van der Waals surface area contributed by atoms with E-state index >= 15 is 0 Å². The average Bonchev–Trinajstić information content (AvgIpc) is 3.15. The van der Waals surface area contributed by atoms with E-state index in [-0.39, 0.29) is 23.4 Å². The molecule has 0 saturated heterocycles. The fraction of sp³-hybridized carbons (Fsp3) is 0.171. The van der Waals surface area contributed by atoms with E-state index in [9.17, 15) is 75.0 Å². The lowest BCUT2D eigenvalue weighted by molar-refractivity contribution is 0.321. The predicted molar refractivity (Wildman–Crippen MR) is 214 cm³/mol. The van der Waals surface area contributed by atoms with Crippen molar-refractivity contribution >= 4 is 89.1 Å². The topological polar surface area (TPSA) is 334 Å². The SMILES string of the molecule is CCN(CC)CCS(=O)(=O)c1cc(Nc2cc(S(=O)(=O)O)c3nc(=O)c(=C(O)c4cccc(S(=O)(=O)O)c4)c4c5ccccc5c(=O)c2c3=4)c(S(=O)(=O)O)cc1S(=O)(=O)O. The highest BCUT2D eigenvalue weighted by molar-refractivity contribution is 7.93. The number of nitrogens with zero attached hydrogens (tertiary/aromatic N) is 2. The van der Waals surface area contributed by atoms with E-state index in [0.29, 0.717) is 25.2 Å². The molecule has 0 fully saturated rings. The summed E-state index contributed by atoms with van der Waals surface area (Å²) in [6.45, 7) is 3.97. The lowest BCUT2D eigenvalue weighted by atomic mass is 9.96. The molecule has 1 aliphatic heterocycles. The third-order valence-electron chi connectivity index (χ3n) is 9.56. The molecule has 0 atom stereocenters. The minimum absolute atomic E-state index is 0.118. The summed E-state index contributed by atoms with van der Waals surface area (Å²) in [5.74, 6) is -1.78. The summed E-state index contributed by atoms with van der Waals surface area (Å²) in [6.07, 6.45) is 0. The van der Waals surface area contributed by atoms with Gasteiger partial charge in [-0.15, -0.1) is 0 Å². The van der Waals surface area contributed by atoms with E-state index < -0.39 is 141 Å². The van der Waals surface area contributed by atoms with Gasteiger partial charge in [-0.3, -0.25) is 27.8 Å². The van der Waals surface area contributed by atoms with Gasteiger partial charge in [-0.25, -0.2) is 13.4 Å². The van der Waals surface area contributed by atoms with Gasteiger partial charge >= 0.3 is 0 Å². The number of benzene rings is 4. The molecule has 20 nitrogen and oxygen atoms in total. The van der Waals surface area contributed by atoms with E-state index in [0.717, 1.165) is 24.3 Å². The normalized spacial score (nSPS) is 13.7. The number of sulfone groups is 1. The summed E-state index contributed by atoms with van der Waals surface area (Å²) in [7, 11) is -26.3. The molecule has 60 heavy (non-hydrogen) atoms. The summed E-state index contributed by atoms with van der Waals surface area (Å²) < 4.78 is 168. The quantitative estimate of drug-likeness (QED) is 0.0895. The minimum Gasteiger partial charge on any atom is -0.506 e. The maximum absolute atomic E-state index is 14.5. The third-order valence-corrected chi connectivity index (χ3v) is 14.9. The first-order valence-electron chi connectivity index (χ1n) is 17.0. The summed E-state index contributed by atoms with van der Waals surface area (Å²) in [5, 5.41) is 11.2. The molecule has 0 spiro atoms. The van der Waals surface area contributed by atoms with Crippen LogP contribution in [0.25, 0.3) is 27.4 Å². The molecule has 4 aromatic carbocycles. The maximum Gasteiger partial charge on any atom is 0.296 e. The van der Waals surface area contributed by atoms with Gasteiger partial charge in [0, 0.05) is 27.9 Å². The van der Waals surface area contributed by atoms with Crippen molar-refractivity contribution in [2.75, 3.05) is 30.7 Å². The molecular weight excluding hydrogens is 895 g/mol. The van der Waals surface area contributed by atoms with E-state index in [2.05, 4.69) is 10.3 Å². The molecule has 1 aliphatic carbocycles. The van der Waals surface area contributed by atoms with Gasteiger partial charge in [0.25, 0.3) is 46.0 Å². The molecule has 25 heteroatoms. The lowest BCUT2D eigenvalue weighted by Gasteiger charge is -2.20. The fourth-order valence-corrected chi connectivity index (χ4v) is 11.3. The largest absolute Gasteiger partial charge is 0.506 e. The Labute approximate surface area is 340 Å². The molecule has 0 aromatic heterocycles. The van der Waals surface area contributed by atoms with Gasteiger partial charge in [-0.2, -0.15) is 33.7 Å². The zero-order valence-electron chi connectivity index (χ0n) is 30.7. The molecule has 318 valence electrons. The van der Waals surface area contributed by atoms with Crippen LogP contribution in [-0.2, 0) is 50.3 Å². The Kier molecular flexibility index (Phi) is 11.3. The third kappa shape index (κ3) is 8.15. The maximum atomic E-state index is 14.5. The van der Waals surface area contributed by atoms with Crippen molar-refractivity contribution in [3.63, 3.8) is 0 Å². The summed E-state index contributed by atoms with van der Waals surface area (Å²) in [5.41, 5.74) is -5.40. The molecule has 1 heterocycles. The van der Waals surface area contributed by atoms with Crippen LogP contribution >= 0.6 is 0 Å². The Morgan fingerprint density at radius 3 is 1.80 bits per heavy atom. The van der Waals surface area contributed by atoms with Gasteiger partial charge in [0.15, 0.2) is 15.3 Å². The van der Waals surface area contributed by atoms with E-state index in [1.54, 1.807) is 18.7 Å². The highest BCUT2D eigenvalue weighted by Gasteiger charge is 2.32. The van der Waals surface area contributed by atoms with Crippen molar-refractivity contribution in [3.8, 4) is 0 Å². The first-order valence-corrected chi connectivity index (χ1v) is 24.4. The van der Waals surface area contributed by atoms with Gasteiger partial charge in [0.1, 0.15) is 20.4 Å². The number of anilines is 2. The molecule has 6 N–H and O–H groups in total. The number of aromatic nitrogens is 1. The van der Waals surface area contributed by atoms with Crippen LogP contribution in [0.5, 0.6) is 0 Å². The van der Waals surface area contributed by atoms with Crippen LogP contribution in [0, 0.1) is 10.4 Å². The van der Waals surface area contributed by atoms with Crippen molar-refractivity contribution < 1.29 is 65.4 Å². The molecule has 0 radical (unpaired) electrons. The highest BCUT2D eigenvalue weighted by atomic mass is 32.2. The molecule has 2 aliphatic rings. The first kappa shape index (κ1) is 44.3. The van der Waals surface area contributed by atoms with Crippen molar-refractivity contribution in [1.82, 2.24) is 9.88 Å². The smallest absolute Gasteiger partial charge is 0.296 e. The number of hydrogen-bond donors (Lipinski definition) is 6. The average molecular weight is 926 g/mol. The molecular formula is C35H31N3O17S5. The number of hydrogen-bond acceptors (Lipinski definition) is 16. The van der Waals surface area contributed by atoms with Crippen LogP contribution in [0.3, 0.4) is 0 Å². The second-order valence-electron chi connectivity index (χ2n) is 13.1. The Balaban J connectivity index is 1.84. The second kappa shape index (κ2) is 15.4. The summed E-state index contributed by atoms with van der Waals surface area (Å²) >= 11 is 0. The van der Waals surface area contributed by atoms with E-state index in [1.807, 2.05) is 0 Å². The number of rotatable bonds is 13. The van der Waals surface area contributed by atoms with Crippen molar-refractivity contribution in [3.05, 3.63) is 109 Å². The molecule has 4 aromatic rings. The van der Waals surface area contributed by atoms with Gasteiger partial charge in [0.2, 0.25) is 0 Å². The Hall–Kier alpha value is -5.22. The minimum atomic E-state index is -5.60. The first-order chi connectivity index (χ1) is 27.7. The summed E-state index contributed by atoms with van der Waals surface area (Å²) in [6, 6.07) is 10.3. The number of aliphatic hydroxyl groups is 1. The Morgan fingerprint density at radius 1 is 0.650 bits per heavy atom. The van der Waals surface area contributed by atoms with Crippen LogP contribution < -0.4 is 21.5 Å². The zero-order chi connectivity index (χ0) is 44.5. The molecule has 0 amide bonds. The van der Waals surface area contributed by atoms with Crippen molar-refractivity contribution in [2.24, 2.45) is 0 Å². The fourth-order valence-electron chi connectivity index (χ4n) is 6.73. The monoisotopic (exact) mass is 925 g/mol. The van der Waals surface area contributed by atoms with Gasteiger partial charge < -0.3 is 15.3 Å². The van der Waals surface area contributed by atoms with Crippen LogP contribution in [0.1, 0.15) is 19.4 Å². The molecule has 0 saturated carbocycles. The molecule has 0 bridgehead atoms. The standard InChI is InChI=1S/C35H31N3O17S5/c1-3-38(4-2)12-13-56(42,43)25-15-22(24(58(47,48)49)17-26(25)59(50,51)52)36-23-16-27(60(53,54)55)32-30-28(20-10-5-6-11-21(20)34(40)29(23)30)31(35(41)37-32)33(39)18-8-7-9-19(14-18)57(44,45)46/h5-11,14-17,36,39H,3-4,12-13H2,1-2H3,(H,44,45,46)(H,47,48,49)(H,50,51,52)(H,53,54,55). The number of aliphatic hydroxyl groups excluding tert-OH is 1. The highest BCUT2D eigenvalue weighted by Crippen LogP contribution is 2.37.